The first-order chi connectivity index (χ1) is 7.91. The van der Waals surface area contributed by atoms with Crippen molar-refractivity contribution in [3.63, 3.8) is 0 Å². The number of nitrogens with zero attached hydrogens (tertiary/aromatic N) is 2. The molecule has 7 heteroatoms. The number of rotatable bonds is 2. The van der Waals surface area contributed by atoms with Gasteiger partial charge in [-0.05, 0) is 26.7 Å². The van der Waals surface area contributed by atoms with Crippen LogP contribution in [0.1, 0.15) is 30.3 Å². The van der Waals surface area contributed by atoms with E-state index in [0.717, 1.165) is 12.8 Å². The van der Waals surface area contributed by atoms with Gasteiger partial charge in [-0.25, -0.2) is 8.42 Å². The Labute approximate surface area is 105 Å². The molecule has 17 heavy (non-hydrogen) atoms. The van der Waals surface area contributed by atoms with Crippen LogP contribution in [-0.2, 0) is 13.8 Å². The Morgan fingerprint density at radius 2 is 1.94 bits per heavy atom. The molecule has 2 heterocycles. The highest BCUT2D eigenvalue weighted by Crippen LogP contribution is 2.28. The van der Waals surface area contributed by atoms with Crippen molar-refractivity contribution in [3.05, 3.63) is 11.4 Å². The molecule has 2 rings (SSSR count). The zero-order valence-electron chi connectivity index (χ0n) is 9.81. The average Bonchev–Trinajstić information content (AvgIpc) is 2.54. The third-order valence-corrected chi connectivity index (χ3v) is 4.58. The second-order valence-electron chi connectivity index (χ2n) is 4.23. The number of halogens is 1. The van der Waals surface area contributed by atoms with E-state index in [9.17, 15) is 8.42 Å². The van der Waals surface area contributed by atoms with Gasteiger partial charge in [0, 0.05) is 23.9 Å². The highest BCUT2D eigenvalue weighted by atomic mass is 35.7. The topological polar surface area (TPSA) is 61.2 Å². The van der Waals surface area contributed by atoms with E-state index in [2.05, 4.69) is 5.10 Å². The van der Waals surface area contributed by atoms with E-state index in [0.29, 0.717) is 24.6 Å². The fourth-order valence-corrected chi connectivity index (χ4v) is 3.80. The molecule has 0 unspecified atom stereocenters. The molecule has 0 saturated carbocycles. The van der Waals surface area contributed by atoms with Crippen molar-refractivity contribution in [2.75, 3.05) is 13.2 Å². The first kappa shape index (κ1) is 12.9. The highest BCUT2D eigenvalue weighted by Gasteiger charge is 2.26. The van der Waals surface area contributed by atoms with Gasteiger partial charge in [-0.3, -0.25) is 4.68 Å². The molecule has 0 atom stereocenters. The summed E-state index contributed by atoms with van der Waals surface area (Å²) in [6, 6.07) is 0.203. The van der Waals surface area contributed by atoms with Gasteiger partial charge in [-0.1, -0.05) is 0 Å². The summed E-state index contributed by atoms with van der Waals surface area (Å²) >= 11 is 0. The average molecular weight is 279 g/mol. The van der Waals surface area contributed by atoms with Gasteiger partial charge in [-0.2, -0.15) is 5.10 Å². The van der Waals surface area contributed by atoms with Crippen molar-refractivity contribution in [2.24, 2.45) is 0 Å². The van der Waals surface area contributed by atoms with Crippen molar-refractivity contribution < 1.29 is 13.2 Å². The van der Waals surface area contributed by atoms with Crippen molar-refractivity contribution in [3.8, 4) is 0 Å². The lowest BCUT2D eigenvalue weighted by molar-refractivity contribution is 0.0655. The maximum atomic E-state index is 11.5. The fraction of sp³-hybridized carbons (Fsp3) is 0.700. The van der Waals surface area contributed by atoms with Gasteiger partial charge >= 0.3 is 0 Å². The van der Waals surface area contributed by atoms with Gasteiger partial charge in [0.05, 0.1) is 17.4 Å². The van der Waals surface area contributed by atoms with Crippen LogP contribution in [0.25, 0.3) is 0 Å². The first-order valence-electron chi connectivity index (χ1n) is 5.49. The van der Waals surface area contributed by atoms with Crippen LogP contribution < -0.4 is 0 Å². The molecule has 1 aromatic heterocycles. The second-order valence-corrected chi connectivity index (χ2v) is 6.73. The van der Waals surface area contributed by atoms with Crippen LogP contribution >= 0.6 is 10.7 Å². The Hall–Kier alpha value is -0.590. The lowest BCUT2D eigenvalue weighted by Crippen LogP contribution is -2.21. The van der Waals surface area contributed by atoms with E-state index >= 15 is 0 Å². The largest absolute Gasteiger partial charge is 0.381 e. The van der Waals surface area contributed by atoms with Gasteiger partial charge in [0.25, 0.3) is 9.05 Å². The van der Waals surface area contributed by atoms with Crippen molar-refractivity contribution in [1.82, 2.24) is 9.78 Å². The lowest BCUT2D eigenvalue weighted by Gasteiger charge is -2.23. The van der Waals surface area contributed by atoms with Crippen LogP contribution in [-0.4, -0.2) is 31.4 Å². The maximum Gasteiger partial charge on any atom is 0.264 e. The molecular formula is C10H15ClN2O3S. The van der Waals surface area contributed by atoms with Crippen LogP contribution in [0.3, 0.4) is 0 Å². The van der Waals surface area contributed by atoms with E-state index in [4.69, 9.17) is 15.4 Å². The molecule has 0 aliphatic carbocycles. The van der Waals surface area contributed by atoms with E-state index in [-0.39, 0.29) is 10.9 Å². The van der Waals surface area contributed by atoms with Gasteiger partial charge < -0.3 is 4.74 Å². The summed E-state index contributed by atoms with van der Waals surface area (Å²) < 4.78 is 30.0. The number of aryl methyl sites for hydroxylation is 1. The molecule has 1 aliphatic heterocycles. The molecule has 1 saturated heterocycles. The molecule has 0 amide bonds. The molecule has 96 valence electrons. The SMILES string of the molecule is Cc1nn(C2CCOCC2)c(C)c1S(=O)(=O)Cl. The molecule has 0 aromatic carbocycles. The molecule has 1 aliphatic rings. The normalized spacial score (nSPS) is 18.5. The van der Waals surface area contributed by atoms with Gasteiger partial charge in [0.2, 0.25) is 0 Å². The lowest BCUT2D eigenvalue weighted by atomic mass is 10.1. The van der Waals surface area contributed by atoms with E-state index in [1.165, 1.54) is 0 Å². The van der Waals surface area contributed by atoms with E-state index in [1.807, 2.05) is 0 Å². The monoisotopic (exact) mass is 278 g/mol. The van der Waals surface area contributed by atoms with Crippen molar-refractivity contribution >= 4 is 19.7 Å². The zero-order valence-corrected chi connectivity index (χ0v) is 11.4. The van der Waals surface area contributed by atoms with Crippen molar-refractivity contribution in [2.45, 2.75) is 37.6 Å². The quantitative estimate of drug-likeness (QED) is 0.774. The van der Waals surface area contributed by atoms with Crippen LogP contribution in [0.2, 0.25) is 0 Å². The molecule has 1 aromatic rings. The molecule has 0 spiro atoms. The minimum absolute atomic E-state index is 0.144. The van der Waals surface area contributed by atoms with Gasteiger partial charge in [-0.15, -0.1) is 0 Å². The summed E-state index contributed by atoms with van der Waals surface area (Å²) in [4.78, 5) is 0.144. The highest BCUT2D eigenvalue weighted by molar-refractivity contribution is 8.13. The van der Waals surface area contributed by atoms with Crippen LogP contribution in [0.15, 0.2) is 4.90 Å². The molecular weight excluding hydrogens is 264 g/mol. The molecule has 1 fully saturated rings. The number of aromatic nitrogens is 2. The third-order valence-electron chi connectivity index (χ3n) is 3.04. The standard InChI is InChI=1S/C10H15ClN2O3S/c1-7-10(17(11,14)15)8(2)13(12-7)9-3-5-16-6-4-9/h9H,3-6H2,1-2H3. The summed E-state index contributed by atoms with van der Waals surface area (Å²) in [6.45, 7) is 4.78. The molecule has 0 N–H and O–H groups in total. The first-order valence-corrected chi connectivity index (χ1v) is 7.80. The summed E-state index contributed by atoms with van der Waals surface area (Å²) in [7, 11) is 1.69. The maximum absolute atomic E-state index is 11.5. The zero-order chi connectivity index (χ0) is 12.6. The van der Waals surface area contributed by atoms with Crippen molar-refractivity contribution in [1.29, 1.82) is 0 Å². The number of ether oxygens (including phenoxy) is 1. The summed E-state index contributed by atoms with van der Waals surface area (Å²) in [5.41, 5.74) is 1.08. The summed E-state index contributed by atoms with van der Waals surface area (Å²) in [5.74, 6) is 0. The molecule has 0 bridgehead atoms. The Morgan fingerprint density at radius 1 is 1.35 bits per heavy atom. The Bertz CT molecular complexity index is 518. The van der Waals surface area contributed by atoms with Gasteiger partial charge in [0.15, 0.2) is 0 Å². The minimum Gasteiger partial charge on any atom is -0.381 e. The summed E-state index contributed by atoms with van der Waals surface area (Å²) in [5, 5.41) is 4.30. The fourth-order valence-electron chi connectivity index (χ4n) is 2.29. The van der Waals surface area contributed by atoms with Crippen LogP contribution in [0.5, 0.6) is 0 Å². The van der Waals surface area contributed by atoms with E-state index in [1.54, 1.807) is 18.5 Å². The smallest absolute Gasteiger partial charge is 0.264 e. The second kappa shape index (κ2) is 4.59. The van der Waals surface area contributed by atoms with Gasteiger partial charge in [0.1, 0.15) is 4.90 Å². The Kier molecular flexibility index (Phi) is 3.47. The predicted octanol–water partition coefficient (Wildman–Crippen LogP) is 1.78. The minimum atomic E-state index is -3.72. The Morgan fingerprint density at radius 3 is 2.41 bits per heavy atom. The third kappa shape index (κ3) is 2.48. The van der Waals surface area contributed by atoms with Crippen LogP contribution in [0.4, 0.5) is 0 Å². The Balaban J connectivity index is 2.43. The summed E-state index contributed by atoms with van der Waals surface area (Å²) in [6.07, 6.45) is 1.70. The molecule has 5 nitrogen and oxygen atoms in total. The predicted molar refractivity (Wildman–Crippen MR) is 63.8 cm³/mol. The van der Waals surface area contributed by atoms with E-state index < -0.39 is 9.05 Å². The number of hydrogen-bond donors (Lipinski definition) is 0. The number of hydrogen-bond acceptors (Lipinski definition) is 4. The van der Waals surface area contributed by atoms with Crippen LogP contribution in [0, 0.1) is 13.8 Å². The molecule has 0 radical (unpaired) electrons.